The average molecular weight is 392 g/mol. The third-order valence-electron chi connectivity index (χ3n) is 4.67. The van der Waals surface area contributed by atoms with E-state index in [-0.39, 0.29) is 23.4 Å². The minimum atomic E-state index is -0.363. The van der Waals surface area contributed by atoms with Gasteiger partial charge in [0.05, 0.1) is 5.92 Å². The summed E-state index contributed by atoms with van der Waals surface area (Å²) in [6.07, 6.45) is 2.10. The van der Waals surface area contributed by atoms with Gasteiger partial charge < -0.3 is 10.2 Å². The summed E-state index contributed by atoms with van der Waals surface area (Å²) in [6, 6.07) is 7.55. The maximum Gasteiger partial charge on any atom is 0.340 e. The van der Waals surface area contributed by atoms with Crippen molar-refractivity contribution in [1.29, 1.82) is 0 Å². The minimum Gasteiger partial charge on any atom is -0.355 e. The Morgan fingerprint density at radius 2 is 2.04 bits per heavy atom. The van der Waals surface area contributed by atoms with Crippen LogP contribution in [0.25, 0.3) is 0 Å². The Morgan fingerprint density at radius 3 is 2.74 bits per heavy atom. The molecule has 0 spiro atoms. The molecule has 0 unspecified atom stereocenters. The number of hydrogen-bond donors (Lipinski definition) is 3. The van der Waals surface area contributed by atoms with Gasteiger partial charge in [-0.15, -0.1) is 0 Å². The van der Waals surface area contributed by atoms with Crippen molar-refractivity contribution < 1.29 is 9.59 Å². The fourth-order valence-electron chi connectivity index (χ4n) is 3.13. The van der Waals surface area contributed by atoms with Crippen molar-refractivity contribution in [2.24, 2.45) is 5.92 Å². The molecule has 1 fully saturated rings. The molecule has 0 radical (unpaired) electrons. The molecule has 9 heteroatoms. The lowest BCUT2D eigenvalue weighted by Gasteiger charge is -2.32. The highest BCUT2D eigenvalue weighted by Crippen LogP contribution is 2.19. The number of likely N-dealkylation sites (tertiary alicyclic amines) is 1. The Hall–Kier alpha value is -2.61. The number of nitrogens with one attached hydrogen (secondary N) is 3. The quantitative estimate of drug-likeness (QED) is 0.650. The molecular weight excluding hydrogens is 370 g/mol. The van der Waals surface area contributed by atoms with Gasteiger partial charge in [0.2, 0.25) is 11.8 Å². The van der Waals surface area contributed by atoms with Crippen molar-refractivity contribution >= 4 is 23.4 Å². The zero-order valence-electron chi connectivity index (χ0n) is 14.8. The first-order valence-electron chi connectivity index (χ1n) is 8.95. The van der Waals surface area contributed by atoms with E-state index in [0.29, 0.717) is 49.7 Å². The number of aromatic amines is 2. The number of benzene rings is 1. The molecule has 3 rings (SSSR count). The van der Waals surface area contributed by atoms with Gasteiger partial charge in [-0.1, -0.05) is 23.7 Å². The zero-order chi connectivity index (χ0) is 19.2. The number of nitrogens with zero attached hydrogens (tertiary/aromatic N) is 2. The molecule has 1 aliphatic rings. The van der Waals surface area contributed by atoms with Gasteiger partial charge in [-0.05, 0) is 30.5 Å². The zero-order valence-corrected chi connectivity index (χ0v) is 15.6. The molecule has 0 aliphatic carbocycles. The monoisotopic (exact) mass is 391 g/mol. The molecule has 1 saturated heterocycles. The van der Waals surface area contributed by atoms with Crippen LogP contribution in [0.2, 0.25) is 5.02 Å². The number of piperidine rings is 1. The lowest BCUT2D eigenvalue weighted by Crippen LogP contribution is -2.46. The summed E-state index contributed by atoms with van der Waals surface area (Å²) in [4.78, 5) is 39.8. The topological polar surface area (TPSA) is 111 Å². The first-order valence-corrected chi connectivity index (χ1v) is 9.32. The van der Waals surface area contributed by atoms with Crippen molar-refractivity contribution in [2.75, 3.05) is 19.6 Å². The van der Waals surface area contributed by atoms with E-state index >= 15 is 0 Å². The first kappa shape index (κ1) is 19.2. The fourth-order valence-corrected chi connectivity index (χ4v) is 3.26. The molecule has 2 aromatic rings. The van der Waals surface area contributed by atoms with Gasteiger partial charge in [0, 0.05) is 37.5 Å². The highest BCUT2D eigenvalue weighted by atomic mass is 35.5. The molecule has 1 atom stereocenters. The van der Waals surface area contributed by atoms with E-state index in [1.807, 2.05) is 24.3 Å². The SMILES string of the molecule is O=C(NCCc1n[nH]c(=O)[nH]1)[C@@H]1CCC(=O)N(CCc2ccc(Cl)cc2)C1. The maximum atomic E-state index is 12.4. The normalized spacial score (nSPS) is 17.1. The van der Waals surface area contributed by atoms with Gasteiger partial charge in [0.15, 0.2) is 0 Å². The molecule has 27 heavy (non-hydrogen) atoms. The Balaban J connectivity index is 1.46. The van der Waals surface area contributed by atoms with Crippen molar-refractivity contribution in [3.05, 3.63) is 51.2 Å². The fraction of sp³-hybridized carbons (Fsp3) is 0.444. The molecule has 0 bridgehead atoms. The van der Waals surface area contributed by atoms with Gasteiger partial charge >= 0.3 is 5.69 Å². The van der Waals surface area contributed by atoms with Crippen LogP contribution >= 0.6 is 11.6 Å². The Morgan fingerprint density at radius 1 is 1.26 bits per heavy atom. The molecule has 8 nitrogen and oxygen atoms in total. The lowest BCUT2D eigenvalue weighted by atomic mass is 9.96. The number of carbonyl (C=O) groups excluding carboxylic acids is 2. The second kappa shape index (κ2) is 8.85. The molecule has 2 amide bonds. The Kier molecular flexibility index (Phi) is 6.28. The van der Waals surface area contributed by atoms with Crippen molar-refractivity contribution in [3.63, 3.8) is 0 Å². The van der Waals surface area contributed by atoms with Crippen LogP contribution in [0.3, 0.4) is 0 Å². The predicted octanol–water partition coefficient (Wildman–Crippen LogP) is 0.891. The van der Waals surface area contributed by atoms with Crippen LogP contribution in [0.4, 0.5) is 0 Å². The van der Waals surface area contributed by atoms with Crippen LogP contribution in [0.5, 0.6) is 0 Å². The number of amides is 2. The molecule has 1 aromatic heterocycles. The highest BCUT2D eigenvalue weighted by Gasteiger charge is 2.29. The van der Waals surface area contributed by atoms with Crippen LogP contribution < -0.4 is 11.0 Å². The van der Waals surface area contributed by atoms with Crippen LogP contribution in [0.1, 0.15) is 24.2 Å². The molecular formula is C18H22ClN5O3. The largest absolute Gasteiger partial charge is 0.355 e. The summed E-state index contributed by atoms with van der Waals surface area (Å²) in [7, 11) is 0. The van der Waals surface area contributed by atoms with Crippen molar-refractivity contribution in [3.8, 4) is 0 Å². The van der Waals surface area contributed by atoms with Crippen LogP contribution in [0, 0.1) is 5.92 Å². The Labute approximate surface area is 161 Å². The smallest absolute Gasteiger partial charge is 0.340 e. The Bertz CT molecular complexity index is 845. The number of halogens is 1. The first-order chi connectivity index (χ1) is 13.0. The van der Waals surface area contributed by atoms with Gasteiger partial charge in [0.1, 0.15) is 5.82 Å². The average Bonchev–Trinajstić information content (AvgIpc) is 3.07. The van der Waals surface area contributed by atoms with E-state index < -0.39 is 0 Å². The summed E-state index contributed by atoms with van der Waals surface area (Å²) in [5, 5.41) is 9.63. The summed E-state index contributed by atoms with van der Waals surface area (Å²) in [6.45, 7) is 1.39. The van der Waals surface area contributed by atoms with E-state index in [1.165, 1.54) is 0 Å². The van der Waals surface area contributed by atoms with E-state index in [0.717, 1.165) is 12.0 Å². The van der Waals surface area contributed by atoms with E-state index in [1.54, 1.807) is 4.90 Å². The van der Waals surface area contributed by atoms with E-state index in [9.17, 15) is 14.4 Å². The third kappa shape index (κ3) is 5.43. The summed E-state index contributed by atoms with van der Waals surface area (Å²) in [5.74, 6) is 0.300. The summed E-state index contributed by atoms with van der Waals surface area (Å²) >= 11 is 5.89. The number of rotatable bonds is 7. The lowest BCUT2D eigenvalue weighted by molar-refractivity contribution is -0.138. The van der Waals surface area contributed by atoms with Gasteiger partial charge in [-0.2, -0.15) is 5.10 Å². The number of carbonyl (C=O) groups is 2. The van der Waals surface area contributed by atoms with E-state index in [2.05, 4.69) is 20.5 Å². The number of H-pyrrole nitrogens is 2. The molecule has 0 saturated carbocycles. The molecule has 144 valence electrons. The summed E-state index contributed by atoms with van der Waals surface area (Å²) in [5.41, 5.74) is 0.741. The molecule has 1 aromatic carbocycles. The van der Waals surface area contributed by atoms with E-state index in [4.69, 9.17) is 11.6 Å². The highest BCUT2D eigenvalue weighted by molar-refractivity contribution is 6.30. The van der Waals surface area contributed by atoms with Crippen molar-refractivity contribution in [1.82, 2.24) is 25.4 Å². The molecule has 3 N–H and O–H groups in total. The van der Waals surface area contributed by atoms with Gasteiger partial charge in [-0.25, -0.2) is 9.89 Å². The predicted molar refractivity (Wildman–Crippen MR) is 100 cm³/mol. The second-order valence-corrected chi connectivity index (χ2v) is 7.05. The summed E-state index contributed by atoms with van der Waals surface area (Å²) < 4.78 is 0. The third-order valence-corrected chi connectivity index (χ3v) is 4.92. The van der Waals surface area contributed by atoms with Crippen LogP contribution in [0.15, 0.2) is 29.1 Å². The van der Waals surface area contributed by atoms with Gasteiger partial charge in [-0.3, -0.25) is 14.6 Å². The van der Waals surface area contributed by atoms with Crippen molar-refractivity contribution in [2.45, 2.75) is 25.7 Å². The number of aromatic nitrogens is 3. The maximum absolute atomic E-state index is 12.4. The van der Waals surface area contributed by atoms with Gasteiger partial charge in [0.25, 0.3) is 0 Å². The second-order valence-electron chi connectivity index (χ2n) is 6.62. The molecule has 1 aliphatic heterocycles. The van der Waals surface area contributed by atoms with Crippen LogP contribution in [-0.2, 0) is 22.4 Å². The minimum absolute atomic E-state index is 0.0723. The van der Waals surface area contributed by atoms with Crippen LogP contribution in [-0.4, -0.2) is 51.5 Å². The standard InChI is InChI=1S/C18H22ClN5O3/c19-14-4-1-12(2-5-14)8-10-24-11-13(3-6-16(24)25)17(26)20-9-7-15-21-18(27)23-22-15/h1-2,4-5,13H,3,6-11H2,(H,20,26)(H2,21,22,23,27)/t13-/m1/s1. The molecule has 2 heterocycles. The number of hydrogen-bond acceptors (Lipinski definition) is 4.